The monoisotopic (exact) mass is 433 g/mol. The number of ether oxygens (including phenoxy) is 1. The van der Waals surface area contributed by atoms with Crippen molar-refractivity contribution in [3.05, 3.63) is 59.9 Å². The number of para-hydroxylation sites is 1. The lowest BCUT2D eigenvalue weighted by Gasteiger charge is -2.39. The Bertz CT molecular complexity index is 1040. The molecule has 166 valence electrons. The van der Waals surface area contributed by atoms with Gasteiger partial charge in [-0.1, -0.05) is 18.2 Å². The van der Waals surface area contributed by atoms with E-state index in [1.807, 2.05) is 31.2 Å². The minimum absolute atomic E-state index is 0.133. The summed E-state index contributed by atoms with van der Waals surface area (Å²) in [6.45, 7) is 4.24. The summed E-state index contributed by atoms with van der Waals surface area (Å²) in [6.07, 6.45) is -2.27. The van der Waals surface area contributed by atoms with Crippen LogP contribution in [0.2, 0.25) is 0 Å². The number of benzene rings is 1. The second-order valence-corrected chi connectivity index (χ2v) is 8.07. The van der Waals surface area contributed by atoms with Gasteiger partial charge in [0, 0.05) is 36.8 Å². The highest BCUT2D eigenvalue weighted by atomic mass is 19.4. The quantitative estimate of drug-likeness (QED) is 0.623. The molecule has 0 radical (unpaired) electrons. The SMILES string of the molecule is CCOc1ccccc1CN1CCC(O)(Cn2c(C(F)(F)F)cc3cccnc32)CC1. The molecule has 0 spiro atoms. The topological polar surface area (TPSA) is 50.5 Å². The van der Waals surface area contributed by atoms with Crippen LogP contribution in [-0.2, 0) is 19.3 Å². The summed E-state index contributed by atoms with van der Waals surface area (Å²) in [6, 6.07) is 12.2. The standard InChI is InChI=1S/C23H26F3N3O2/c1-2-31-19-8-4-3-6-18(19)15-28-12-9-22(30,10-13-28)16-29-20(23(24,25)26)14-17-7-5-11-27-21(17)29/h3-8,11,14,30H,2,9-10,12-13,15-16H2,1H3. The number of pyridine rings is 1. The summed E-state index contributed by atoms with van der Waals surface area (Å²) in [5.41, 5.74) is -0.687. The average Bonchev–Trinajstić information content (AvgIpc) is 3.10. The van der Waals surface area contributed by atoms with Crippen LogP contribution in [0.1, 0.15) is 31.0 Å². The lowest BCUT2D eigenvalue weighted by molar-refractivity contribution is -0.145. The van der Waals surface area contributed by atoms with Crippen molar-refractivity contribution in [3.63, 3.8) is 0 Å². The number of aromatic nitrogens is 2. The molecule has 0 unspecified atom stereocenters. The molecule has 0 aliphatic carbocycles. The number of hydrogen-bond donors (Lipinski definition) is 1. The van der Waals surface area contributed by atoms with Crippen LogP contribution >= 0.6 is 0 Å². The van der Waals surface area contributed by atoms with Gasteiger partial charge in [-0.3, -0.25) is 4.90 Å². The van der Waals surface area contributed by atoms with E-state index in [4.69, 9.17) is 4.74 Å². The Morgan fingerprint density at radius 3 is 2.58 bits per heavy atom. The molecule has 1 N–H and O–H groups in total. The molecule has 1 fully saturated rings. The zero-order valence-electron chi connectivity index (χ0n) is 17.4. The molecule has 5 nitrogen and oxygen atoms in total. The molecule has 3 heterocycles. The molecule has 8 heteroatoms. The highest BCUT2D eigenvalue weighted by Crippen LogP contribution is 2.36. The van der Waals surface area contributed by atoms with Gasteiger partial charge in [0.05, 0.1) is 18.8 Å². The van der Waals surface area contributed by atoms with Gasteiger partial charge in [-0.05, 0) is 44.0 Å². The number of alkyl halides is 3. The van der Waals surface area contributed by atoms with Crippen LogP contribution in [0.5, 0.6) is 5.75 Å². The van der Waals surface area contributed by atoms with E-state index in [2.05, 4.69) is 9.88 Å². The van der Waals surface area contributed by atoms with Crippen molar-refractivity contribution in [1.29, 1.82) is 0 Å². The predicted octanol–water partition coefficient (Wildman–Crippen LogP) is 4.48. The minimum Gasteiger partial charge on any atom is -0.494 e. The van der Waals surface area contributed by atoms with E-state index in [1.54, 1.807) is 12.1 Å². The molecule has 1 aliphatic heterocycles. The molecule has 1 saturated heterocycles. The smallest absolute Gasteiger partial charge is 0.431 e. The lowest BCUT2D eigenvalue weighted by Crippen LogP contribution is -2.46. The van der Waals surface area contributed by atoms with E-state index >= 15 is 0 Å². The van der Waals surface area contributed by atoms with Gasteiger partial charge in [0.2, 0.25) is 0 Å². The summed E-state index contributed by atoms with van der Waals surface area (Å²) in [4.78, 5) is 6.33. The van der Waals surface area contributed by atoms with E-state index < -0.39 is 17.5 Å². The van der Waals surface area contributed by atoms with E-state index in [1.165, 1.54) is 6.20 Å². The molecule has 0 amide bonds. The third kappa shape index (κ3) is 4.70. The van der Waals surface area contributed by atoms with Crippen molar-refractivity contribution >= 4 is 11.0 Å². The molecule has 3 aromatic rings. The zero-order valence-corrected chi connectivity index (χ0v) is 17.4. The number of hydrogen-bond acceptors (Lipinski definition) is 4. The van der Waals surface area contributed by atoms with Gasteiger partial charge in [0.25, 0.3) is 0 Å². The first-order valence-corrected chi connectivity index (χ1v) is 10.5. The maximum atomic E-state index is 13.6. The van der Waals surface area contributed by atoms with Crippen LogP contribution in [0.25, 0.3) is 11.0 Å². The Hall–Kier alpha value is -2.58. The molecule has 2 aromatic heterocycles. The fourth-order valence-electron chi connectivity index (χ4n) is 4.23. The Kier molecular flexibility index (Phi) is 5.94. The Morgan fingerprint density at radius 2 is 1.87 bits per heavy atom. The number of fused-ring (bicyclic) bond motifs is 1. The highest BCUT2D eigenvalue weighted by molar-refractivity contribution is 5.77. The van der Waals surface area contributed by atoms with Crippen molar-refractivity contribution in [2.24, 2.45) is 0 Å². The van der Waals surface area contributed by atoms with Crippen molar-refractivity contribution in [2.75, 3.05) is 19.7 Å². The van der Waals surface area contributed by atoms with Gasteiger partial charge in [0.15, 0.2) is 0 Å². The third-order valence-electron chi connectivity index (χ3n) is 5.85. The van der Waals surface area contributed by atoms with Gasteiger partial charge in [-0.25, -0.2) is 4.98 Å². The first-order chi connectivity index (χ1) is 14.8. The minimum atomic E-state index is -4.51. The summed E-state index contributed by atoms with van der Waals surface area (Å²) in [7, 11) is 0. The molecular formula is C23H26F3N3O2. The van der Waals surface area contributed by atoms with Crippen molar-refractivity contribution < 1.29 is 23.0 Å². The van der Waals surface area contributed by atoms with Crippen LogP contribution in [-0.4, -0.2) is 44.9 Å². The first-order valence-electron chi connectivity index (χ1n) is 10.5. The number of likely N-dealkylation sites (tertiary alicyclic amines) is 1. The second kappa shape index (κ2) is 8.51. The Morgan fingerprint density at radius 1 is 1.13 bits per heavy atom. The number of halogens is 3. The van der Waals surface area contributed by atoms with E-state index in [0.717, 1.165) is 21.9 Å². The van der Waals surface area contributed by atoms with Crippen LogP contribution in [0.3, 0.4) is 0 Å². The van der Waals surface area contributed by atoms with Gasteiger partial charge < -0.3 is 14.4 Å². The molecule has 4 rings (SSSR count). The lowest BCUT2D eigenvalue weighted by atomic mass is 9.91. The number of aliphatic hydroxyl groups is 1. The van der Waals surface area contributed by atoms with Crippen LogP contribution in [0.15, 0.2) is 48.7 Å². The van der Waals surface area contributed by atoms with Gasteiger partial charge >= 0.3 is 6.18 Å². The number of nitrogens with zero attached hydrogens (tertiary/aromatic N) is 3. The molecule has 1 aliphatic rings. The number of piperidine rings is 1. The second-order valence-electron chi connectivity index (χ2n) is 8.07. The molecule has 1 aromatic carbocycles. The predicted molar refractivity (Wildman–Crippen MR) is 112 cm³/mol. The maximum Gasteiger partial charge on any atom is 0.431 e. The highest BCUT2D eigenvalue weighted by Gasteiger charge is 2.39. The maximum absolute atomic E-state index is 13.6. The first kappa shape index (κ1) is 21.6. The Labute approximate surface area is 179 Å². The largest absolute Gasteiger partial charge is 0.494 e. The average molecular weight is 433 g/mol. The zero-order chi connectivity index (χ0) is 22.1. The van der Waals surface area contributed by atoms with Crippen LogP contribution in [0.4, 0.5) is 13.2 Å². The third-order valence-corrected chi connectivity index (χ3v) is 5.85. The van der Waals surface area contributed by atoms with E-state index in [-0.39, 0.29) is 12.2 Å². The molecule has 31 heavy (non-hydrogen) atoms. The summed E-state index contributed by atoms with van der Waals surface area (Å²) in [5.74, 6) is 0.838. The van der Waals surface area contributed by atoms with E-state index in [9.17, 15) is 18.3 Å². The van der Waals surface area contributed by atoms with E-state index in [0.29, 0.717) is 44.5 Å². The van der Waals surface area contributed by atoms with Gasteiger partial charge in [0.1, 0.15) is 17.1 Å². The molecule has 0 atom stereocenters. The van der Waals surface area contributed by atoms with Crippen LogP contribution in [0, 0.1) is 0 Å². The normalized spacial score (nSPS) is 17.2. The van der Waals surface area contributed by atoms with Crippen molar-refractivity contribution in [3.8, 4) is 5.75 Å². The van der Waals surface area contributed by atoms with Gasteiger partial charge in [-0.15, -0.1) is 0 Å². The Balaban J connectivity index is 1.49. The molecular weight excluding hydrogens is 407 g/mol. The van der Waals surface area contributed by atoms with Crippen molar-refractivity contribution in [1.82, 2.24) is 14.5 Å². The molecule has 0 saturated carbocycles. The molecule has 0 bridgehead atoms. The van der Waals surface area contributed by atoms with Crippen LogP contribution < -0.4 is 4.74 Å². The van der Waals surface area contributed by atoms with Gasteiger partial charge in [-0.2, -0.15) is 13.2 Å². The summed E-state index contributed by atoms with van der Waals surface area (Å²) >= 11 is 0. The van der Waals surface area contributed by atoms with Crippen molar-refractivity contribution in [2.45, 2.75) is 44.6 Å². The fraction of sp³-hybridized carbons (Fsp3) is 0.435. The fourth-order valence-corrected chi connectivity index (χ4v) is 4.23. The summed E-state index contributed by atoms with van der Waals surface area (Å²) < 4.78 is 47.7. The number of rotatable bonds is 6. The summed E-state index contributed by atoms with van der Waals surface area (Å²) in [5, 5.41) is 11.6.